The number of carboxylic acid groups (broad SMARTS) is 1. The topological polar surface area (TPSA) is 54.3 Å². The summed E-state index contributed by atoms with van der Waals surface area (Å²) >= 11 is 0. The lowest BCUT2D eigenvalue weighted by atomic mass is 9.90. The van der Waals surface area contributed by atoms with Gasteiger partial charge in [0.25, 0.3) is 0 Å². The van der Waals surface area contributed by atoms with Crippen molar-refractivity contribution in [2.24, 2.45) is 5.92 Å². The molecule has 31 heavy (non-hydrogen) atoms. The molecule has 1 aliphatic carbocycles. The van der Waals surface area contributed by atoms with Crippen molar-refractivity contribution in [3.05, 3.63) is 71.4 Å². The van der Waals surface area contributed by atoms with Crippen molar-refractivity contribution >= 4 is 16.9 Å². The Balaban J connectivity index is 1.59. The van der Waals surface area contributed by atoms with E-state index < -0.39 is 5.97 Å². The van der Waals surface area contributed by atoms with Crippen molar-refractivity contribution in [1.29, 1.82) is 0 Å². The first-order valence-electron chi connectivity index (χ1n) is 11.7. The number of nitrogens with one attached hydrogen (secondary N) is 1. The van der Waals surface area contributed by atoms with Gasteiger partial charge in [0.1, 0.15) is 0 Å². The second-order valence-corrected chi connectivity index (χ2v) is 8.97. The highest BCUT2D eigenvalue weighted by Gasteiger charge is 2.28. The Morgan fingerprint density at radius 1 is 1.16 bits per heavy atom. The summed E-state index contributed by atoms with van der Waals surface area (Å²) in [7, 11) is 0. The first-order valence-corrected chi connectivity index (χ1v) is 11.7. The molecule has 0 radical (unpaired) electrons. The minimum atomic E-state index is -0.674. The Bertz CT molecular complexity index is 1020. The lowest BCUT2D eigenvalue weighted by Crippen LogP contribution is -2.36. The second-order valence-electron chi connectivity index (χ2n) is 8.97. The molecule has 0 spiro atoms. The van der Waals surface area contributed by atoms with Crippen LogP contribution in [0.15, 0.2) is 54.6 Å². The van der Waals surface area contributed by atoms with Crippen LogP contribution in [0.25, 0.3) is 10.9 Å². The van der Waals surface area contributed by atoms with E-state index in [-0.39, 0.29) is 5.92 Å². The Labute approximate surface area is 185 Å². The molecule has 4 heteroatoms. The summed E-state index contributed by atoms with van der Waals surface area (Å²) < 4.78 is 2.32. The molecular formula is C27H34N2O2. The first-order chi connectivity index (χ1) is 15.1. The Kier molecular flexibility index (Phi) is 6.77. The van der Waals surface area contributed by atoms with Gasteiger partial charge in [-0.15, -0.1) is 0 Å². The van der Waals surface area contributed by atoms with Crippen molar-refractivity contribution in [1.82, 2.24) is 9.88 Å². The maximum Gasteiger partial charge on any atom is 0.308 e. The Morgan fingerprint density at radius 2 is 1.90 bits per heavy atom. The molecular weight excluding hydrogens is 384 g/mol. The van der Waals surface area contributed by atoms with Crippen molar-refractivity contribution in [3.8, 4) is 0 Å². The number of fused-ring (bicyclic) bond motifs is 3. The van der Waals surface area contributed by atoms with E-state index in [4.69, 9.17) is 0 Å². The molecule has 0 aliphatic heterocycles. The summed E-state index contributed by atoms with van der Waals surface area (Å²) in [5.41, 5.74) is 5.25. The minimum Gasteiger partial charge on any atom is -0.481 e. The average Bonchev–Trinajstić information content (AvgIpc) is 3.10. The number of unbranched alkanes of at least 4 members (excludes halogenated alkanes) is 1. The van der Waals surface area contributed by atoms with Crippen LogP contribution in [0.2, 0.25) is 0 Å². The van der Waals surface area contributed by atoms with Gasteiger partial charge >= 0.3 is 5.97 Å². The van der Waals surface area contributed by atoms with Gasteiger partial charge in [0.15, 0.2) is 0 Å². The molecule has 2 N–H and O–H groups in total. The summed E-state index contributed by atoms with van der Waals surface area (Å²) in [6, 6.07) is 19.9. The van der Waals surface area contributed by atoms with E-state index in [1.165, 1.54) is 27.7 Å². The quantitative estimate of drug-likeness (QED) is 0.466. The number of aromatic nitrogens is 1. The van der Waals surface area contributed by atoms with Gasteiger partial charge in [-0.3, -0.25) is 4.79 Å². The van der Waals surface area contributed by atoms with Gasteiger partial charge < -0.3 is 15.0 Å². The van der Waals surface area contributed by atoms with Crippen LogP contribution in [0.4, 0.5) is 0 Å². The average molecular weight is 419 g/mol. The van der Waals surface area contributed by atoms with E-state index in [0.717, 1.165) is 38.5 Å². The van der Waals surface area contributed by atoms with E-state index in [0.29, 0.717) is 18.6 Å². The predicted molar refractivity (Wildman–Crippen MR) is 126 cm³/mol. The summed E-state index contributed by atoms with van der Waals surface area (Å²) in [6.07, 6.45) is 5.79. The summed E-state index contributed by atoms with van der Waals surface area (Å²) in [4.78, 5) is 11.9. The number of carbonyl (C=O) groups is 1. The molecule has 1 heterocycles. The van der Waals surface area contributed by atoms with Crippen LogP contribution in [0.5, 0.6) is 0 Å². The van der Waals surface area contributed by atoms with E-state index in [1.807, 2.05) is 0 Å². The number of hydrogen-bond acceptors (Lipinski definition) is 2. The largest absolute Gasteiger partial charge is 0.481 e. The van der Waals surface area contributed by atoms with Crippen molar-refractivity contribution in [3.63, 3.8) is 0 Å². The third kappa shape index (κ3) is 4.69. The molecule has 1 aliphatic rings. The molecule has 3 aromatic rings. The van der Waals surface area contributed by atoms with Gasteiger partial charge in [0, 0.05) is 35.2 Å². The van der Waals surface area contributed by atoms with Crippen LogP contribution in [-0.4, -0.2) is 21.7 Å². The minimum absolute atomic E-state index is 0.312. The van der Waals surface area contributed by atoms with Gasteiger partial charge in [-0.1, -0.05) is 68.3 Å². The molecule has 0 saturated carbocycles. The zero-order valence-electron chi connectivity index (χ0n) is 18.7. The molecule has 0 amide bonds. The molecule has 4 rings (SSSR count). The SMILES string of the molecule is CCCCC(Cn1c2c(c3ccccc31)CC(NC(C)c1ccccc1)CC2)C(=O)O. The zero-order chi connectivity index (χ0) is 21.8. The lowest BCUT2D eigenvalue weighted by molar-refractivity contribution is -0.142. The van der Waals surface area contributed by atoms with Crippen molar-refractivity contribution in [2.45, 2.75) is 71.0 Å². The van der Waals surface area contributed by atoms with Crippen LogP contribution in [0.1, 0.15) is 62.4 Å². The molecule has 2 aromatic carbocycles. The van der Waals surface area contributed by atoms with E-state index in [1.54, 1.807) is 0 Å². The number of rotatable bonds is 9. The molecule has 0 fully saturated rings. The molecule has 4 nitrogen and oxygen atoms in total. The fraction of sp³-hybridized carbons (Fsp3) is 0.444. The van der Waals surface area contributed by atoms with Crippen molar-refractivity contribution in [2.75, 3.05) is 0 Å². The van der Waals surface area contributed by atoms with Gasteiger partial charge in [0.2, 0.25) is 0 Å². The van der Waals surface area contributed by atoms with Crippen LogP contribution in [0.3, 0.4) is 0 Å². The van der Waals surface area contributed by atoms with Gasteiger partial charge in [-0.25, -0.2) is 0 Å². The molecule has 3 unspecified atom stereocenters. The fourth-order valence-electron chi connectivity index (χ4n) is 5.11. The maximum absolute atomic E-state index is 11.9. The first kappa shape index (κ1) is 21.6. The van der Waals surface area contributed by atoms with Gasteiger partial charge in [-0.2, -0.15) is 0 Å². The van der Waals surface area contributed by atoms with E-state index >= 15 is 0 Å². The number of nitrogens with zero attached hydrogens (tertiary/aromatic N) is 1. The number of carboxylic acids is 1. The maximum atomic E-state index is 11.9. The highest BCUT2D eigenvalue weighted by molar-refractivity contribution is 5.86. The molecule has 0 saturated heterocycles. The summed E-state index contributed by atoms with van der Waals surface area (Å²) in [5, 5.41) is 14.9. The highest BCUT2D eigenvalue weighted by Crippen LogP contribution is 2.34. The van der Waals surface area contributed by atoms with Gasteiger partial charge in [-0.05, 0) is 49.8 Å². The van der Waals surface area contributed by atoms with Crippen molar-refractivity contribution < 1.29 is 9.90 Å². The van der Waals surface area contributed by atoms with Crippen LogP contribution in [-0.2, 0) is 24.2 Å². The molecule has 3 atom stereocenters. The second kappa shape index (κ2) is 9.69. The summed E-state index contributed by atoms with van der Waals surface area (Å²) in [6.45, 7) is 4.93. The Hall–Kier alpha value is -2.59. The third-order valence-electron chi connectivity index (χ3n) is 6.82. The monoisotopic (exact) mass is 418 g/mol. The highest BCUT2D eigenvalue weighted by atomic mass is 16.4. The lowest BCUT2D eigenvalue weighted by Gasteiger charge is -2.28. The number of hydrogen-bond donors (Lipinski definition) is 2. The number of benzene rings is 2. The smallest absolute Gasteiger partial charge is 0.308 e. The molecule has 0 bridgehead atoms. The van der Waals surface area contributed by atoms with Gasteiger partial charge in [0.05, 0.1) is 5.92 Å². The van der Waals surface area contributed by atoms with Crippen LogP contribution < -0.4 is 5.32 Å². The standard InChI is InChI=1S/C27H34N2O2/c1-3-4-10-21(27(30)31)18-29-25-14-9-8-13-23(25)24-17-22(15-16-26(24)29)28-19(2)20-11-6-5-7-12-20/h5-9,11-14,19,21-22,28H,3-4,10,15-18H2,1-2H3,(H,30,31). The fourth-order valence-corrected chi connectivity index (χ4v) is 5.11. The Morgan fingerprint density at radius 3 is 2.65 bits per heavy atom. The van der Waals surface area contributed by atoms with Crippen LogP contribution >= 0.6 is 0 Å². The molecule has 1 aromatic heterocycles. The number of para-hydroxylation sites is 1. The van der Waals surface area contributed by atoms with E-state index in [9.17, 15) is 9.90 Å². The normalized spacial score (nSPS) is 17.9. The van der Waals surface area contributed by atoms with E-state index in [2.05, 4.69) is 78.3 Å². The number of aliphatic carboxylic acids is 1. The van der Waals surface area contributed by atoms with Crippen LogP contribution in [0, 0.1) is 5.92 Å². The summed E-state index contributed by atoms with van der Waals surface area (Å²) in [5.74, 6) is -0.999. The molecule has 164 valence electrons. The third-order valence-corrected chi connectivity index (χ3v) is 6.82. The zero-order valence-corrected chi connectivity index (χ0v) is 18.7. The predicted octanol–water partition coefficient (Wildman–Crippen LogP) is 5.74.